The lowest BCUT2D eigenvalue weighted by atomic mass is 10.1. The molecule has 0 aliphatic carbocycles. The topological polar surface area (TPSA) is 45.4 Å². The molecular formula is C15H24N4. The number of anilines is 1. The molecule has 4 heteroatoms. The zero-order valence-electron chi connectivity index (χ0n) is 11.8. The van der Waals surface area contributed by atoms with Crippen molar-refractivity contribution in [1.29, 1.82) is 0 Å². The van der Waals surface area contributed by atoms with Crippen molar-refractivity contribution in [3.63, 3.8) is 0 Å². The minimum absolute atomic E-state index is 0.0671. The monoisotopic (exact) mass is 260 g/mol. The Bertz CT molecular complexity index is 409. The van der Waals surface area contributed by atoms with Gasteiger partial charge in [-0.05, 0) is 50.9 Å². The van der Waals surface area contributed by atoms with Gasteiger partial charge in [0.2, 0.25) is 0 Å². The van der Waals surface area contributed by atoms with Crippen molar-refractivity contribution in [3.05, 3.63) is 23.9 Å². The van der Waals surface area contributed by atoms with Crippen molar-refractivity contribution >= 4 is 5.82 Å². The first-order valence-electron chi connectivity index (χ1n) is 7.44. The van der Waals surface area contributed by atoms with Gasteiger partial charge in [-0.2, -0.15) is 0 Å². The van der Waals surface area contributed by atoms with Crippen LogP contribution >= 0.6 is 0 Å². The van der Waals surface area contributed by atoms with E-state index in [9.17, 15) is 0 Å². The summed E-state index contributed by atoms with van der Waals surface area (Å²) in [4.78, 5) is 9.63. The Kier molecular flexibility index (Phi) is 3.71. The van der Waals surface area contributed by atoms with Crippen LogP contribution in [0.4, 0.5) is 5.82 Å². The zero-order chi connectivity index (χ0) is 13.2. The minimum atomic E-state index is 0.0671. The summed E-state index contributed by atoms with van der Waals surface area (Å²) in [7, 11) is 0. The molecule has 2 N–H and O–H groups in total. The van der Waals surface area contributed by atoms with Crippen LogP contribution in [0.3, 0.4) is 0 Å². The van der Waals surface area contributed by atoms with E-state index < -0.39 is 0 Å². The van der Waals surface area contributed by atoms with E-state index in [2.05, 4.69) is 26.9 Å². The smallest absolute Gasteiger partial charge is 0.128 e. The first-order chi connectivity index (χ1) is 9.24. The minimum Gasteiger partial charge on any atom is -0.355 e. The van der Waals surface area contributed by atoms with E-state index in [1.807, 2.05) is 13.1 Å². The Labute approximate surface area is 115 Å². The highest BCUT2D eigenvalue weighted by Gasteiger charge is 2.29. The van der Waals surface area contributed by atoms with Gasteiger partial charge in [0.15, 0.2) is 0 Å². The third kappa shape index (κ3) is 2.74. The molecule has 4 nitrogen and oxygen atoms in total. The second-order valence-corrected chi connectivity index (χ2v) is 5.87. The van der Waals surface area contributed by atoms with Crippen molar-refractivity contribution < 1.29 is 0 Å². The van der Waals surface area contributed by atoms with Gasteiger partial charge in [-0.3, -0.25) is 4.90 Å². The first kappa shape index (κ1) is 12.9. The fourth-order valence-corrected chi connectivity index (χ4v) is 3.21. The maximum atomic E-state index is 5.86. The standard InChI is InChI=1S/C15H24N4/c1-12(16)13-4-5-15(17-10-13)19-9-6-14(11-19)18-7-2-3-8-18/h4-5,10,12,14H,2-3,6-9,11,16H2,1H3. The van der Waals surface area contributed by atoms with E-state index in [1.54, 1.807) is 0 Å². The van der Waals surface area contributed by atoms with Gasteiger partial charge in [0.25, 0.3) is 0 Å². The largest absolute Gasteiger partial charge is 0.355 e. The summed E-state index contributed by atoms with van der Waals surface area (Å²) in [5.74, 6) is 1.10. The molecule has 2 saturated heterocycles. The van der Waals surface area contributed by atoms with Crippen LogP contribution in [0.1, 0.15) is 37.8 Å². The summed E-state index contributed by atoms with van der Waals surface area (Å²) in [6, 6.07) is 5.02. The number of rotatable bonds is 3. The van der Waals surface area contributed by atoms with Gasteiger partial charge >= 0.3 is 0 Å². The predicted molar refractivity (Wildman–Crippen MR) is 78.3 cm³/mol. The van der Waals surface area contributed by atoms with Crippen LogP contribution in [-0.4, -0.2) is 42.1 Å². The average Bonchev–Trinajstić information content (AvgIpc) is 3.10. The van der Waals surface area contributed by atoms with Gasteiger partial charge in [-0.1, -0.05) is 6.07 Å². The van der Waals surface area contributed by atoms with Crippen LogP contribution in [0.5, 0.6) is 0 Å². The molecule has 1 aromatic heterocycles. The van der Waals surface area contributed by atoms with Gasteiger partial charge in [-0.15, -0.1) is 0 Å². The van der Waals surface area contributed by atoms with Crippen LogP contribution in [0.15, 0.2) is 18.3 Å². The summed E-state index contributed by atoms with van der Waals surface area (Å²) < 4.78 is 0. The molecular weight excluding hydrogens is 236 g/mol. The highest BCUT2D eigenvalue weighted by atomic mass is 15.3. The summed E-state index contributed by atoms with van der Waals surface area (Å²) in [6.07, 6.45) is 5.94. The van der Waals surface area contributed by atoms with Crippen LogP contribution < -0.4 is 10.6 Å². The molecule has 2 aliphatic rings. The van der Waals surface area contributed by atoms with Crippen molar-refractivity contribution in [3.8, 4) is 0 Å². The second kappa shape index (κ2) is 5.47. The summed E-state index contributed by atoms with van der Waals surface area (Å²) in [5, 5.41) is 0. The molecule has 2 aliphatic heterocycles. The van der Waals surface area contributed by atoms with Crippen molar-refractivity contribution in [1.82, 2.24) is 9.88 Å². The lowest BCUT2D eigenvalue weighted by Gasteiger charge is -2.24. The quantitative estimate of drug-likeness (QED) is 0.900. The van der Waals surface area contributed by atoms with Crippen molar-refractivity contribution in [2.24, 2.45) is 5.73 Å². The number of nitrogens with two attached hydrogens (primary N) is 1. The highest BCUT2D eigenvalue weighted by molar-refractivity contribution is 5.41. The van der Waals surface area contributed by atoms with E-state index in [0.717, 1.165) is 30.5 Å². The zero-order valence-corrected chi connectivity index (χ0v) is 11.8. The van der Waals surface area contributed by atoms with E-state index in [4.69, 9.17) is 5.73 Å². The lowest BCUT2D eigenvalue weighted by Crippen LogP contribution is -2.35. The normalized spacial score (nSPS) is 26.0. The van der Waals surface area contributed by atoms with E-state index in [-0.39, 0.29) is 6.04 Å². The molecule has 19 heavy (non-hydrogen) atoms. The van der Waals surface area contributed by atoms with Gasteiger partial charge < -0.3 is 10.6 Å². The summed E-state index contributed by atoms with van der Waals surface area (Å²) in [5.41, 5.74) is 6.97. The number of hydrogen-bond donors (Lipinski definition) is 1. The molecule has 2 atom stereocenters. The molecule has 2 fully saturated rings. The Morgan fingerprint density at radius 3 is 2.68 bits per heavy atom. The molecule has 0 bridgehead atoms. The summed E-state index contributed by atoms with van der Waals surface area (Å²) >= 11 is 0. The lowest BCUT2D eigenvalue weighted by molar-refractivity contribution is 0.260. The maximum absolute atomic E-state index is 5.86. The Morgan fingerprint density at radius 2 is 2.05 bits per heavy atom. The van der Waals surface area contributed by atoms with E-state index >= 15 is 0 Å². The third-order valence-electron chi connectivity index (χ3n) is 4.44. The summed E-state index contributed by atoms with van der Waals surface area (Å²) in [6.45, 7) is 6.83. The molecule has 0 radical (unpaired) electrons. The molecule has 3 heterocycles. The van der Waals surface area contributed by atoms with Gasteiger partial charge in [0, 0.05) is 31.4 Å². The Balaban J connectivity index is 1.63. The van der Waals surface area contributed by atoms with Crippen molar-refractivity contribution in [2.75, 3.05) is 31.1 Å². The van der Waals surface area contributed by atoms with E-state index in [0.29, 0.717) is 0 Å². The van der Waals surface area contributed by atoms with Crippen LogP contribution in [-0.2, 0) is 0 Å². The molecule has 104 valence electrons. The highest BCUT2D eigenvalue weighted by Crippen LogP contribution is 2.24. The molecule has 3 rings (SSSR count). The number of likely N-dealkylation sites (tertiary alicyclic amines) is 1. The molecule has 0 amide bonds. The average molecular weight is 260 g/mol. The molecule has 0 spiro atoms. The van der Waals surface area contributed by atoms with Gasteiger partial charge in [0.05, 0.1) is 0 Å². The first-order valence-corrected chi connectivity index (χ1v) is 7.44. The molecule has 0 saturated carbocycles. The third-order valence-corrected chi connectivity index (χ3v) is 4.44. The fraction of sp³-hybridized carbons (Fsp3) is 0.667. The fourth-order valence-electron chi connectivity index (χ4n) is 3.21. The Morgan fingerprint density at radius 1 is 1.26 bits per heavy atom. The number of nitrogens with zero attached hydrogens (tertiary/aromatic N) is 3. The van der Waals surface area contributed by atoms with Gasteiger partial charge in [0.1, 0.15) is 5.82 Å². The Hall–Kier alpha value is -1.13. The predicted octanol–water partition coefficient (Wildman–Crippen LogP) is 1.78. The molecule has 1 aromatic rings. The number of hydrogen-bond acceptors (Lipinski definition) is 4. The van der Waals surface area contributed by atoms with Gasteiger partial charge in [-0.25, -0.2) is 4.98 Å². The van der Waals surface area contributed by atoms with Crippen LogP contribution in [0.25, 0.3) is 0 Å². The van der Waals surface area contributed by atoms with Crippen LogP contribution in [0, 0.1) is 0 Å². The number of pyridine rings is 1. The van der Waals surface area contributed by atoms with Crippen LogP contribution in [0.2, 0.25) is 0 Å². The number of aromatic nitrogens is 1. The SMILES string of the molecule is CC(N)c1ccc(N2CCC(N3CCCC3)C2)nc1. The molecule has 0 aromatic carbocycles. The van der Waals surface area contributed by atoms with Crippen molar-refractivity contribution in [2.45, 2.75) is 38.3 Å². The second-order valence-electron chi connectivity index (χ2n) is 5.87. The van der Waals surface area contributed by atoms with E-state index in [1.165, 1.54) is 32.4 Å². The maximum Gasteiger partial charge on any atom is 0.128 e. The molecule has 2 unspecified atom stereocenters.